The summed E-state index contributed by atoms with van der Waals surface area (Å²) < 4.78 is 105. The fourth-order valence-corrected chi connectivity index (χ4v) is 8.46. The molecule has 2 aromatic carbocycles. The topological polar surface area (TPSA) is 88.5 Å². The van der Waals surface area contributed by atoms with Crippen molar-refractivity contribution in [3.63, 3.8) is 0 Å². The van der Waals surface area contributed by atoms with Crippen LogP contribution in [0.1, 0.15) is 88.2 Å². The summed E-state index contributed by atoms with van der Waals surface area (Å²) in [7, 11) is -5.85. The van der Waals surface area contributed by atoms with E-state index in [1.807, 2.05) is 0 Å². The van der Waals surface area contributed by atoms with Gasteiger partial charge in [-0.05, 0) is 88.5 Å². The third-order valence-corrected chi connectivity index (χ3v) is 12.4. The maximum Gasteiger partial charge on any atom is 0.534 e. The van der Waals surface area contributed by atoms with E-state index in [0.29, 0.717) is 42.8 Å². The predicted octanol–water partition coefficient (Wildman–Crippen LogP) is 7.01. The molecule has 270 valence electrons. The normalized spacial score (nSPS) is 24.6. The van der Waals surface area contributed by atoms with Crippen LogP contribution in [0.2, 0.25) is 0 Å². The van der Waals surface area contributed by atoms with Crippen molar-refractivity contribution in [1.29, 1.82) is 0 Å². The molecule has 6 aliphatic rings. The van der Waals surface area contributed by atoms with E-state index in [4.69, 9.17) is 9.47 Å². The molecule has 0 bridgehead atoms. The van der Waals surface area contributed by atoms with Crippen molar-refractivity contribution in [3.8, 4) is 23.0 Å². The molecule has 14 heteroatoms. The van der Waals surface area contributed by atoms with Gasteiger partial charge in [0, 0.05) is 47.4 Å². The average molecular weight is 715 g/mol. The second-order valence-corrected chi connectivity index (χ2v) is 15.8. The van der Waals surface area contributed by atoms with Gasteiger partial charge < -0.3 is 18.8 Å². The quantitative estimate of drug-likeness (QED) is 0.178. The molecule has 4 saturated carbocycles. The number of phenolic OH excluding ortho intramolecular Hbond substituents is 1. The third-order valence-electron chi connectivity index (χ3n) is 11.4. The molecule has 0 spiro atoms. The molecule has 4 aliphatic carbocycles. The minimum atomic E-state index is -5.85. The first-order valence-corrected chi connectivity index (χ1v) is 18.9. The number of aromatic hydroxyl groups is 1. The molecule has 8 rings (SSSR count). The monoisotopic (exact) mass is 714 g/mol. The Hall–Kier alpha value is -2.84. The van der Waals surface area contributed by atoms with Crippen LogP contribution in [0.25, 0.3) is 0 Å². The summed E-state index contributed by atoms with van der Waals surface area (Å²) in [5.41, 5.74) is -4.88. The van der Waals surface area contributed by atoms with Gasteiger partial charge in [0.25, 0.3) is 0 Å². The van der Waals surface area contributed by atoms with Gasteiger partial charge in [0.05, 0.1) is 0 Å². The summed E-state index contributed by atoms with van der Waals surface area (Å²) >= 11 is 0. The Bertz CT molecular complexity index is 1600. The zero-order valence-electron chi connectivity index (χ0n) is 27.3. The first-order valence-electron chi connectivity index (χ1n) is 17.5. The van der Waals surface area contributed by atoms with Gasteiger partial charge in [0.2, 0.25) is 0 Å². The number of fused-ring (bicyclic) bond motifs is 2. The minimum absolute atomic E-state index is 0.0349. The van der Waals surface area contributed by atoms with Gasteiger partial charge in [-0.2, -0.15) is 21.6 Å². The number of phenols is 1. The maximum atomic E-state index is 14.2. The number of halogens is 5. The summed E-state index contributed by atoms with van der Waals surface area (Å²) in [5, 5.41) is 10.0. The highest BCUT2D eigenvalue weighted by Crippen LogP contribution is 2.43. The summed E-state index contributed by atoms with van der Waals surface area (Å²) in [6, 6.07) is 6.73. The highest BCUT2D eigenvalue weighted by Gasteiger charge is 2.49. The lowest BCUT2D eigenvalue weighted by molar-refractivity contribution is -0.0501. The van der Waals surface area contributed by atoms with Gasteiger partial charge >= 0.3 is 15.6 Å². The summed E-state index contributed by atoms with van der Waals surface area (Å²) in [4.78, 5) is 4.98. The van der Waals surface area contributed by atoms with Crippen LogP contribution in [0.15, 0.2) is 24.3 Å². The molecule has 0 saturated heterocycles. The molecule has 2 heterocycles. The van der Waals surface area contributed by atoms with Crippen LogP contribution in [-0.2, 0) is 23.0 Å². The summed E-state index contributed by atoms with van der Waals surface area (Å²) in [6.45, 7) is 0.757. The summed E-state index contributed by atoms with van der Waals surface area (Å²) in [5.74, 6) is -1.44. The summed E-state index contributed by atoms with van der Waals surface area (Å²) in [6.07, 6.45) is 15.1. The van der Waals surface area contributed by atoms with Gasteiger partial charge in [-0.25, -0.2) is 8.78 Å². The van der Waals surface area contributed by atoms with Crippen molar-refractivity contribution in [3.05, 3.63) is 47.0 Å². The smallest absolute Gasteiger partial charge is 0.508 e. The Morgan fingerprint density at radius 3 is 1.47 bits per heavy atom. The van der Waals surface area contributed by atoms with Crippen molar-refractivity contribution in [2.75, 3.05) is 13.2 Å². The second kappa shape index (κ2) is 13.7. The fraction of sp³-hybridized carbons (Fsp3) is 0.657. The largest absolute Gasteiger partial charge is 0.534 e. The molecule has 2 atom stereocenters. The van der Waals surface area contributed by atoms with Crippen molar-refractivity contribution in [1.82, 2.24) is 9.80 Å². The lowest BCUT2D eigenvalue weighted by atomic mass is 9.82. The van der Waals surface area contributed by atoms with Crippen LogP contribution < -0.4 is 13.7 Å². The van der Waals surface area contributed by atoms with E-state index in [9.17, 15) is 35.5 Å². The van der Waals surface area contributed by atoms with Crippen LogP contribution in [0.4, 0.5) is 22.0 Å². The number of benzene rings is 2. The number of nitrogens with zero attached hydrogens (tertiary/aromatic N) is 2. The van der Waals surface area contributed by atoms with Gasteiger partial charge in [-0.1, -0.05) is 25.7 Å². The van der Waals surface area contributed by atoms with E-state index >= 15 is 0 Å². The van der Waals surface area contributed by atoms with Crippen LogP contribution in [0, 0.1) is 11.6 Å². The van der Waals surface area contributed by atoms with Crippen LogP contribution in [0.3, 0.4) is 0 Å². The maximum absolute atomic E-state index is 14.2. The standard InChI is InChI=1S/C18H21F4NO4S.C17H22FNO2/c19-15-7-8-16(27-28(24,25)18(20,21)22)14-9-13(10-26-17(14)15)23(11-3-1-4-11)12-5-2-6-12;18-15-7-8-16(20)14-9-13(10-21-17(14)15)19(11-3-1-4-11)12-5-2-6-12/h7-8,11-13H,1-6,9-10H2;7-8,11-13,20H,1-6,9-10H2/t2*13-/m11/s1. The lowest BCUT2D eigenvalue weighted by Gasteiger charge is -2.50. The Morgan fingerprint density at radius 1 is 0.653 bits per heavy atom. The minimum Gasteiger partial charge on any atom is -0.508 e. The molecule has 2 aliphatic heterocycles. The van der Waals surface area contributed by atoms with Crippen molar-refractivity contribution in [2.24, 2.45) is 0 Å². The third kappa shape index (κ3) is 6.81. The van der Waals surface area contributed by atoms with E-state index in [2.05, 4.69) is 14.0 Å². The first kappa shape index (κ1) is 34.6. The van der Waals surface area contributed by atoms with Crippen molar-refractivity contribution < 1.29 is 49.1 Å². The Labute approximate surface area is 283 Å². The number of rotatable bonds is 8. The highest BCUT2D eigenvalue weighted by molar-refractivity contribution is 7.88. The van der Waals surface area contributed by atoms with E-state index in [1.54, 1.807) is 0 Å². The first-order chi connectivity index (χ1) is 23.4. The molecule has 0 radical (unpaired) electrons. The van der Waals surface area contributed by atoms with Gasteiger partial charge in [0.15, 0.2) is 23.1 Å². The molecule has 0 unspecified atom stereocenters. The molecule has 1 N–H and O–H groups in total. The highest BCUT2D eigenvalue weighted by atomic mass is 32.2. The molecule has 2 aromatic rings. The van der Waals surface area contributed by atoms with Crippen LogP contribution >= 0.6 is 0 Å². The molecular weight excluding hydrogens is 671 g/mol. The number of alkyl halides is 3. The molecule has 8 nitrogen and oxygen atoms in total. The van der Waals surface area contributed by atoms with Crippen LogP contribution in [-0.4, -0.2) is 78.3 Å². The lowest BCUT2D eigenvalue weighted by Crippen LogP contribution is -2.57. The Kier molecular flexibility index (Phi) is 9.68. The molecule has 49 heavy (non-hydrogen) atoms. The number of ether oxygens (including phenoxy) is 2. The number of hydrogen-bond acceptors (Lipinski definition) is 8. The molecule has 4 fully saturated rings. The van der Waals surface area contributed by atoms with E-state index < -0.39 is 27.2 Å². The molecular formula is C35H43F5N2O6S. The van der Waals surface area contributed by atoms with Gasteiger partial charge in [-0.15, -0.1) is 0 Å². The van der Waals surface area contributed by atoms with Gasteiger partial charge in [-0.3, -0.25) is 9.80 Å². The van der Waals surface area contributed by atoms with E-state index in [0.717, 1.165) is 50.7 Å². The Balaban J connectivity index is 0.000000160. The van der Waals surface area contributed by atoms with E-state index in [-0.39, 0.29) is 53.7 Å². The zero-order valence-corrected chi connectivity index (χ0v) is 28.1. The van der Waals surface area contributed by atoms with E-state index in [1.165, 1.54) is 50.7 Å². The molecule has 0 amide bonds. The second-order valence-electron chi connectivity index (χ2n) is 14.3. The predicted molar refractivity (Wildman–Crippen MR) is 170 cm³/mol. The fourth-order valence-electron chi connectivity index (χ4n) is 7.98. The van der Waals surface area contributed by atoms with Gasteiger partial charge in [0.1, 0.15) is 24.7 Å². The van der Waals surface area contributed by atoms with Crippen molar-refractivity contribution >= 4 is 10.1 Å². The Morgan fingerprint density at radius 2 is 1.06 bits per heavy atom. The molecule has 0 aromatic heterocycles. The zero-order chi connectivity index (χ0) is 34.5. The number of hydrogen-bond donors (Lipinski definition) is 1. The SMILES string of the molecule is O=S(=O)(Oc1ccc(F)c2c1C[C@@H](N(C1CCC1)C1CCC1)CO2)C(F)(F)F.Oc1ccc(F)c2c1C[C@@H](N(C1CCC1)C1CCC1)CO2. The van der Waals surface area contributed by atoms with Crippen LogP contribution in [0.5, 0.6) is 23.0 Å². The van der Waals surface area contributed by atoms with Crippen molar-refractivity contribution in [2.45, 2.75) is 132 Å². The average Bonchev–Trinajstić information content (AvgIpc) is 2.96.